The molecule has 0 saturated carbocycles. The predicted molar refractivity (Wildman–Crippen MR) is 117 cm³/mol. The van der Waals surface area contributed by atoms with Crippen LogP contribution < -0.4 is 15.1 Å². The van der Waals surface area contributed by atoms with E-state index in [1.165, 1.54) is 0 Å². The van der Waals surface area contributed by atoms with Gasteiger partial charge in [0.1, 0.15) is 5.82 Å². The number of nitrogens with one attached hydrogen (secondary N) is 1. The Balaban J connectivity index is 1.57. The molecular weight excluding hydrogens is 362 g/mol. The van der Waals surface area contributed by atoms with E-state index < -0.39 is 0 Å². The summed E-state index contributed by atoms with van der Waals surface area (Å²) in [6, 6.07) is 14.5. The zero-order valence-electron chi connectivity index (χ0n) is 17.0. The van der Waals surface area contributed by atoms with Crippen LogP contribution in [0.4, 0.5) is 17.7 Å². The van der Waals surface area contributed by atoms with E-state index in [-0.39, 0.29) is 0 Å². The topological polar surface area (TPSA) is 70.1 Å². The predicted octanol–water partition coefficient (Wildman–Crippen LogP) is 3.47. The van der Waals surface area contributed by atoms with E-state index in [1.807, 2.05) is 24.3 Å². The SMILES string of the molecule is CCC(C)Nc1nc(-c2ccccc2)cc(N2CCN(c3ncccn3)CC2)n1. The van der Waals surface area contributed by atoms with Gasteiger partial charge in [0.15, 0.2) is 0 Å². The van der Waals surface area contributed by atoms with Crippen LogP contribution in [0.3, 0.4) is 0 Å². The summed E-state index contributed by atoms with van der Waals surface area (Å²) in [5, 5.41) is 3.44. The van der Waals surface area contributed by atoms with Crippen molar-refractivity contribution in [3.8, 4) is 11.3 Å². The molecule has 1 unspecified atom stereocenters. The Morgan fingerprint density at radius 1 is 0.931 bits per heavy atom. The molecule has 0 amide bonds. The summed E-state index contributed by atoms with van der Waals surface area (Å²) in [5.74, 6) is 2.43. The average Bonchev–Trinajstić information content (AvgIpc) is 2.80. The van der Waals surface area contributed by atoms with Crippen LogP contribution in [-0.2, 0) is 0 Å². The number of hydrogen-bond donors (Lipinski definition) is 1. The van der Waals surface area contributed by atoms with Crippen molar-refractivity contribution >= 4 is 17.7 Å². The van der Waals surface area contributed by atoms with Gasteiger partial charge in [-0.3, -0.25) is 0 Å². The Hall–Kier alpha value is -3.22. The van der Waals surface area contributed by atoms with E-state index in [0.717, 1.165) is 55.6 Å². The molecule has 1 saturated heterocycles. The van der Waals surface area contributed by atoms with Crippen LogP contribution in [0, 0.1) is 0 Å². The molecule has 3 heterocycles. The van der Waals surface area contributed by atoms with E-state index in [0.29, 0.717) is 12.0 Å². The van der Waals surface area contributed by atoms with Gasteiger partial charge < -0.3 is 15.1 Å². The molecule has 1 atom stereocenters. The molecule has 7 nitrogen and oxygen atoms in total. The van der Waals surface area contributed by atoms with Gasteiger partial charge in [0.05, 0.1) is 5.69 Å². The molecule has 0 radical (unpaired) electrons. The second-order valence-corrected chi connectivity index (χ2v) is 7.28. The fraction of sp³-hybridized carbons (Fsp3) is 0.364. The van der Waals surface area contributed by atoms with Crippen LogP contribution in [0.1, 0.15) is 20.3 Å². The first-order valence-electron chi connectivity index (χ1n) is 10.2. The molecule has 150 valence electrons. The third-order valence-electron chi connectivity index (χ3n) is 5.21. The minimum absolute atomic E-state index is 0.320. The molecule has 0 aliphatic carbocycles. The Morgan fingerprint density at radius 3 is 2.31 bits per heavy atom. The number of nitrogens with zero attached hydrogens (tertiary/aromatic N) is 6. The molecule has 1 N–H and O–H groups in total. The highest BCUT2D eigenvalue weighted by atomic mass is 15.3. The smallest absolute Gasteiger partial charge is 0.225 e. The normalized spacial score (nSPS) is 15.2. The molecular formula is C22H27N7. The van der Waals surface area contributed by atoms with Gasteiger partial charge in [-0.15, -0.1) is 0 Å². The fourth-order valence-corrected chi connectivity index (χ4v) is 3.33. The van der Waals surface area contributed by atoms with Crippen molar-refractivity contribution < 1.29 is 0 Å². The molecule has 29 heavy (non-hydrogen) atoms. The molecule has 1 aliphatic rings. The van der Waals surface area contributed by atoms with E-state index in [1.54, 1.807) is 12.4 Å². The molecule has 0 bridgehead atoms. The van der Waals surface area contributed by atoms with Crippen molar-refractivity contribution in [1.29, 1.82) is 0 Å². The molecule has 7 heteroatoms. The number of benzene rings is 1. The highest BCUT2D eigenvalue weighted by molar-refractivity contribution is 5.65. The largest absolute Gasteiger partial charge is 0.353 e. The van der Waals surface area contributed by atoms with Gasteiger partial charge in [-0.1, -0.05) is 37.3 Å². The molecule has 1 aromatic carbocycles. The van der Waals surface area contributed by atoms with Gasteiger partial charge in [0, 0.05) is 56.2 Å². The number of piperazine rings is 1. The van der Waals surface area contributed by atoms with E-state index in [2.05, 4.69) is 57.1 Å². The highest BCUT2D eigenvalue weighted by Gasteiger charge is 2.21. The molecule has 0 spiro atoms. The van der Waals surface area contributed by atoms with E-state index in [4.69, 9.17) is 9.97 Å². The third-order valence-corrected chi connectivity index (χ3v) is 5.21. The summed E-state index contributed by atoms with van der Waals surface area (Å²) in [5.41, 5.74) is 2.04. The van der Waals surface area contributed by atoms with Crippen LogP contribution in [0.5, 0.6) is 0 Å². The van der Waals surface area contributed by atoms with Gasteiger partial charge in [0.2, 0.25) is 11.9 Å². The summed E-state index contributed by atoms with van der Waals surface area (Å²) in [4.78, 5) is 22.9. The number of hydrogen-bond acceptors (Lipinski definition) is 7. The summed E-state index contributed by atoms with van der Waals surface area (Å²) in [6.45, 7) is 7.77. The minimum Gasteiger partial charge on any atom is -0.353 e. The summed E-state index contributed by atoms with van der Waals surface area (Å²) in [7, 11) is 0. The van der Waals surface area contributed by atoms with Crippen molar-refractivity contribution in [3.05, 3.63) is 54.9 Å². The Kier molecular flexibility index (Phi) is 5.84. The van der Waals surface area contributed by atoms with Crippen molar-refractivity contribution in [2.24, 2.45) is 0 Å². The Bertz CT molecular complexity index is 909. The standard InChI is InChI=1S/C22H27N7/c1-3-17(2)25-21-26-19(18-8-5-4-6-9-18)16-20(27-21)28-12-14-29(15-13-28)22-23-10-7-11-24-22/h4-11,16-17H,3,12-15H2,1-2H3,(H,25,26,27). The van der Waals surface area contributed by atoms with Crippen LogP contribution in [0.2, 0.25) is 0 Å². The van der Waals surface area contributed by atoms with E-state index in [9.17, 15) is 0 Å². The van der Waals surface area contributed by atoms with Crippen molar-refractivity contribution in [2.75, 3.05) is 41.3 Å². The maximum Gasteiger partial charge on any atom is 0.225 e. The van der Waals surface area contributed by atoms with Crippen LogP contribution in [0.15, 0.2) is 54.9 Å². The lowest BCUT2D eigenvalue weighted by Gasteiger charge is -2.35. The number of rotatable bonds is 6. The molecule has 4 rings (SSSR count). The van der Waals surface area contributed by atoms with Crippen LogP contribution in [-0.4, -0.2) is 52.2 Å². The lowest BCUT2D eigenvalue weighted by atomic mass is 10.1. The lowest BCUT2D eigenvalue weighted by Crippen LogP contribution is -2.47. The second-order valence-electron chi connectivity index (χ2n) is 7.28. The Morgan fingerprint density at radius 2 is 1.62 bits per heavy atom. The Labute approximate surface area is 171 Å². The quantitative estimate of drug-likeness (QED) is 0.692. The number of aromatic nitrogens is 4. The minimum atomic E-state index is 0.320. The second kappa shape index (κ2) is 8.86. The summed E-state index contributed by atoms with van der Waals surface area (Å²) in [6.07, 6.45) is 4.60. The summed E-state index contributed by atoms with van der Waals surface area (Å²) >= 11 is 0. The highest BCUT2D eigenvalue weighted by Crippen LogP contribution is 2.25. The molecule has 2 aromatic heterocycles. The van der Waals surface area contributed by atoms with Crippen LogP contribution >= 0.6 is 0 Å². The maximum atomic E-state index is 4.82. The van der Waals surface area contributed by atoms with Gasteiger partial charge in [-0.25, -0.2) is 15.0 Å². The van der Waals surface area contributed by atoms with Crippen molar-refractivity contribution in [2.45, 2.75) is 26.3 Å². The van der Waals surface area contributed by atoms with Crippen LogP contribution in [0.25, 0.3) is 11.3 Å². The van der Waals surface area contributed by atoms with Gasteiger partial charge in [0.25, 0.3) is 0 Å². The van der Waals surface area contributed by atoms with Crippen molar-refractivity contribution in [1.82, 2.24) is 19.9 Å². The third kappa shape index (κ3) is 4.62. The zero-order chi connectivity index (χ0) is 20.1. The first-order chi connectivity index (χ1) is 14.2. The molecule has 3 aromatic rings. The monoisotopic (exact) mass is 389 g/mol. The summed E-state index contributed by atoms with van der Waals surface area (Å²) < 4.78 is 0. The van der Waals surface area contributed by atoms with E-state index >= 15 is 0 Å². The van der Waals surface area contributed by atoms with Gasteiger partial charge in [-0.2, -0.15) is 4.98 Å². The van der Waals surface area contributed by atoms with Gasteiger partial charge in [-0.05, 0) is 19.4 Å². The number of anilines is 3. The fourth-order valence-electron chi connectivity index (χ4n) is 3.33. The average molecular weight is 390 g/mol. The maximum absolute atomic E-state index is 4.82. The van der Waals surface area contributed by atoms with Crippen molar-refractivity contribution in [3.63, 3.8) is 0 Å². The zero-order valence-corrected chi connectivity index (χ0v) is 17.0. The van der Waals surface area contributed by atoms with Gasteiger partial charge >= 0.3 is 0 Å². The molecule has 1 aliphatic heterocycles. The molecule has 1 fully saturated rings. The first kappa shape index (κ1) is 19.1. The lowest BCUT2D eigenvalue weighted by molar-refractivity contribution is 0.634. The first-order valence-corrected chi connectivity index (χ1v) is 10.2.